The van der Waals surface area contributed by atoms with Crippen LogP contribution in [0.1, 0.15) is 25.5 Å². The van der Waals surface area contributed by atoms with Crippen molar-refractivity contribution >= 4 is 5.97 Å². The lowest BCUT2D eigenvalue weighted by molar-refractivity contribution is -0.137. The van der Waals surface area contributed by atoms with E-state index in [0.29, 0.717) is 12.5 Å². The van der Waals surface area contributed by atoms with E-state index in [2.05, 4.69) is 22.1 Å². The maximum absolute atomic E-state index is 10.6. The highest BCUT2D eigenvalue weighted by Gasteiger charge is 2.25. The summed E-state index contributed by atoms with van der Waals surface area (Å²) in [5, 5.41) is 12.2. The number of piperazine rings is 1. The van der Waals surface area contributed by atoms with E-state index >= 15 is 0 Å². The van der Waals surface area contributed by atoms with Crippen LogP contribution in [-0.4, -0.2) is 46.1 Å². The van der Waals surface area contributed by atoms with Crippen molar-refractivity contribution in [2.24, 2.45) is 0 Å². The first-order chi connectivity index (χ1) is 9.15. The van der Waals surface area contributed by atoms with Crippen LogP contribution >= 0.6 is 0 Å². The molecule has 2 atom stereocenters. The molecule has 1 fully saturated rings. The monoisotopic (exact) mass is 263 g/mol. The number of hydrogen-bond acceptors (Lipinski definition) is 4. The van der Waals surface area contributed by atoms with Gasteiger partial charge in [-0.25, -0.2) is 0 Å². The van der Waals surface area contributed by atoms with Crippen LogP contribution in [0.25, 0.3) is 0 Å². The Morgan fingerprint density at radius 2 is 2.42 bits per heavy atom. The molecule has 0 aliphatic carbocycles. The van der Waals surface area contributed by atoms with Gasteiger partial charge >= 0.3 is 5.97 Å². The molecule has 2 heterocycles. The van der Waals surface area contributed by atoms with Crippen molar-refractivity contribution in [3.63, 3.8) is 0 Å². The lowest BCUT2D eigenvalue weighted by Gasteiger charge is -2.38. The summed E-state index contributed by atoms with van der Waals surface area (Å²) >= 11 is 0. The number of carboxylic acids is 1. The summed E-state index contributed by atoms with van der Waals surface area (Å²) in [5.74, 6) is -0.725. The second kappa shape index (κ2) is 6.63. The van der Waals surface area contributed by atoms with Gasteiger partial charge in [-0.1, -0.05) is 6.07 Å². The van der Waals surface area contributed by atoms with Crippen molar-refractivity contribution in [2.45, 2.75) is 38.4 Å². The summed E-state index contributed by atoms with van der Waals surface area (Å²) in [6.07, 6.45) is 2.72. The molecule has 1 saturated heterocycles. The molecule has 1 aromatic heterocycles. The Hall–Kier alpha value is -1.46. The van der Waals surface area contributed by atoms with E-state index in [1.54, 1.807) is 0 Å². The molecular weight excluding hydrogens is 242 g/mol. The summed E-state index contributed by atoms with van der Waals surface area (Å²) in [7, 11) is 0. The fraction of sp³-hybridized carbons (Fsp3) is 0.571. The van der Waals surface area contributed by atoms with Crippen molar-refractivity contribution < 1.29 is 9.90 Å². The highest BCUT2D eigenvalue weighted by Crippen LogP contribution is 2.13. The van der Waals surface area contributed by atoms with Gasteiger partial charge in [0.1, 0.15) is 0 Å². The zero-order chi connectivity index (χ0) is 13.7. The number of pyridine rings is 1. The van der Waals surface area contributed by atoms with E-state index in [1.165, 1.54) is 0 Å². The molecule has 104 valence electrons. The van der Waals surface area contributed by atoms with Gasteiger partial charge in [0, 0.05) is 44.3 Å². The highest BCUT2D eigenvalue weighted by atomic mass is 16.4. The lowest BCUT2D eigenvalue weighted by Crippen LogP contribution is -2.55. The average Bonchev–Trinajstić information content (AvgIpc) is 2.41. The number of carboxylic acid groups (broad SMARTS) is 1. The normalized spacial score (nSPS) is 24.3. The third kappa shape index (κ3) is 4.29. The van der Waals surface area contributed by atoms with Crippen molar-refractivity contribution in [1.29, 1.82) is 0 Å². The van der Waals surface area contributed by atoms with Crippen molar-refractivity contribution in [1.82, 2.24) is 15.2 Å². The Labute approximate surface area is 113 Å². The molecule has 19 heavy (non-hydrogen) atoms. The SMILES string of the molecule is CC1CNC(CCC(=O)O)CN1Cc1ccccn1. The van der Waals surface area contributed by atoms with Crippen LogP contribution in [0.4, 0.5) is 0 Å². The molecule has 0 amide bonds. The standard InChI is InChI=1S/C14H21N3O2/c1-11-8-16-13(5-6-14(18)19)10-17(11)9-12-4-2-3-7-15-12/h2-4,7,11,13,16H,5-6,8-10H2,1H3,(H,18,19). The lowest BCUT2D eigenvalue weighted by atomic mass is 10.1. The predicted molar refractivity (Wildman–Crippen MR) is 72.8 cm³/mol. The van der Waals surface area contributed by atoms with Crippen LogP contribution in [-0.2, 0) is 11.3 Å². The third-order valence-corrected chi connectivity index (χ3v) is 3.58. The van der Waals surface area contributed by atoms with E-state index in [9.17, 15) is 4.79 Å². The molecule has 1 aromatic rings. The first kappa shape index (κ1) is 14.0. The van der Waals surface area contributed by atoms with Gasteiger partial charge in [0.2, 0.25) is 0 Å². The Morgan fingerprint density at radius 1 is 1.58 bits per heavy atom. The molecule has 0 aromatic carbocycles. The van der Waals surface area contributed by atoms with Gasteiger partial charge in [0.25, 0.3) is 0 Å². The summed E-state index contributed by atoms with van der Waals surface area (Å²) in [5.41, 5.74) is 1.06. The summed E-state index contributed by atoms with van der Waals surface area (Å²) < 4.78 is 0. The van der Waals surface area contributed by atoms with E-state index < -0.39 is 5.97 Å². The van der Waals surface area contributed by atoms with Crippen molar-refractivity contribution in [3.8, 4) is 0 Å². The molecule has 2 unspecified atom stereocenters. The number of nitrogens with one attached hydrogen (secondary N) is 1. The maximum atomic E-state index is 10.6. The second-order valence-electron chi connectivity index (χ2n) is 5.14. The first-order valence-electron chi connectivity index (χ1n) is 6.74. The van der Waals surface area contributed by atoms with Crippen LogP contribution in [0.3, 0.4) is 0 Å². The molecule has 1 aliphatic heterocycles. The summed E-state index contributed by atoms with van der Waals surface area (Å²) in [6.45, 7) is 4.79. The van der Waals surface area contributed by atoms with E-state index in [4.69, 9.17) is 5.11 Å². The van der Waals surface area contributed by atoms with Gasteiger partial charge in [-0.2, -0.15) is 0 Å². The quantitative estimate of drug-likeness (QED) is 0.833. The van der Waals surface area contributed by atoms with Gasteiger partial charge in [-0.15, -0.1) is 0 Å². The number of hydrogen-bond donors (Lipinski definition) is 2. The summed E-state index contributed by atoms with van der Waals surface area (Å²) in [4.78, 5) is 17.3. The molecule has 0 bridgehead atoms. The molecule has 1 aliphatic rings. The minimum atomic E-state index is -0.725. The number of rotatable bonds is 5. The van der Waals surface area contributed by atoms with Crippen LogP contribution < -0.4 is 5.32 Å². The second-order valence-corrected chi connectivity index (χ2v) is 5.14. The van der Waals surface area contributed by atoms with Crippen LogP contribution in [0.15, 0.2) is 24.4 Å². The zero-order valence-corrected chi connectivity index (χ0v) is 11.2. The predicted octanol–water partition coefficient (Wildman–Crippen LogP) is 1.11. The van der Waals surface area contributed by atoms with Gasteiger partial charge in [0.05, 0.1) is 5.69 Å². The number of aromatic nitrogens is 1. The molecule has 0 spiro atoms. The fourth-order valence-corrected chi connectivity index (χ4v) is 2.41. The van der Waals surface area contributed by atoms with Crippen LogP contribution in [0.2, 0.25) is 0 Å². The Kier molecular flexibility index (Phi) is 4.87. The Morgan fingerprint density at radius 3 is 3.11 bits per heavy atom. The third-order valence-electron chi connectivity index (χ3n) is 3.58. The van der Waals surface area contributed by atoms with Gasteiger partial charge in [0.15, 0.2) is 0 Å². The molecule has 0 radical (unpaired) electrons. The van der Waals surface area contributed by atoms with E-state index in [0.717, 1.165) is 25.3 Å². The number of carbonyl (C=O) groups is 1. The number of aliphatic carboxylic acids is 1. The Balaban J connectivity index is 1.89. The molecule has 5 nitrogen and oxygen atoms in total. The minimum absolute atomic E-state index is 0.226. The van der Waals surface area contributed by atoms with E-state index in [1.807, 2.05) is 24.4 Å². The van der Waals surface area contributed by atoms with Gasteiger partial charge < -0.3 is 10.4 Å². The van der Waals surface area contributed by atoms with Crippen molar-refractivity contribution in [2.75, 3.05) is 13.1 Å². The van der Waals surface area contributed by atoms with Crippen LogP contribution in [0, 0.1) is 0 Å². The van der Waals surface area contributed by atoms with E-state index in [-0.39, 0.29) is 12.5 Å². The zero-order valence-electron chi connectivity index (χ0n) is 11.2. The number of nitrogens with zero attached hydrogens (tertiary/aromatic N) is 2. The summed E-state index contributed by atoms with van der Waals surface area (Å²) in [6, 6.07) is 6.65. The molecular formula is C14H21N3O2. The average molecular weight is 263 g/mol. The van der Waals surface area contributed by atoms with Gasteiger partial charge in [-0.05, 0) is 25.5 Å². The largest absolute Gasteiger partial charge is 0.481 e. The maximum Gasteiger partial charge on any atom is 0.303 e. The molecule has 5 heteroatoms. The van der Waals surface area contributed by atoms with Crippen molar-refractivity contribution in [3.05, 3.63) is 30.1 Å². The minimum Gasteiger partial charge on any atom is -0.481 e. The molecule has 2 rings (SSSR count). The smallest absolute Gasteiger partial charge is 0.303 e. The molecule has 2 N–H and O–H groups in total. The fourth-order valence-electron chi connectivity index (χ4n) is 2.41. The Bertz CT molecular complexity index is 410. The van der Waals surface area contributed by atoms with Crippen LogP contribution in [0.5, 0.6) is 0 Å². The van der Waals surface area contributed by atoms with Gasteiger partial charge in [-0.3, -0.25) is 14.7 Å². The first-order valence-corrected chi connectivity index (χ1v) is 6.74. The molecule has 0 saturated carbocycles. The highest BCUT2D eigenvalue weighted by molar-refractivity contribution is 5.66. The topological polar surface area (TPSA) is 65.5 Å².